The minimum atomic E-state index is -1.25. The number of nitrogens with zero attached hydrogens (tertiary/aromatic N) is 4. The standard InChI is InChI=1S/C34H28N4O2/c1-37-31(39)29-34(26-21-13-6-14-22-26)28(24-17-9-4-10-18-24)36-30(32(40)38(34)2)33(37,25-19-11-5-12-20-25)27(35-29)23-15-7-3-8-16-23/h3-22,29-30H,1-2H3/t29-,30+,33-,34+. The lowest BCUT2D eigenvalue weighted by molar-refractivity contribution is -0.154. The third kappa shape index (κ3) is 2.99. The molecule has 196 valence electrons. The van der Waals surface area contributed by atoms with E-state index in [0.29, 0.717) is 11.4 Å². The van der Waals surface area contributed by atoms with Crippen LogP contribution in [0.3, 0.4) is 0 Å². The lowest BCUT2D eigenvalue weighted by Gasteiger charge is -2.60. The molecule has 1 saturated heterocycles. The molecular formula is C34H28N4O2. The largest absolute Gasteiger partial charge is 0.326 e. The van der Waals surface area contributed by atoms with Crippen molar-refractivity contribution in [1.29, 1.82) is 0 Å². The number of carbonyl (C=O) groups excluding carboxylic acids is 2. The second kappa shape index (κ2) is 8.85. The lowest BCUT2D eigenvalue weighted by Crippen LogP contribution is -2.78. The highest BCUT2D eigenvalue weighted by Crippen LogP contribution is 2.52. The zero-order valence-electron chi connectivity index (χ0n) is 22.3. The molecule has 6 aliphatic heterocycles. The summed E-state index contributed by atoms with van der Waals surface area (Å²) in [5, 5.41) is 0. The number of benzene rings is 4. The molecular weight excluding hydrogens is 496 g/mol. The third-order valence-electron chi connectivity index (χ3n) is 8.74. The van der Waals surface area contributed by atoms with Crippen molar-refractivity contribution in [3.8, 4) is 0 Å². The zero-order chi connectivity index (χ0) is 27.5. The van der Waals surface area contributed by atoms with E-state index in [4.69, 9.17) is 9.98 Å². The van der Waals surface area contributed by atoms with Gasteiger partial charge in [-0.15, -0.1) is 0 Å². The summed E-state index contributed by atoms with van der Waals surface area (Å²) in [7, 11) is 3.59. The van der Waals surface area contributed by atoms with Gasteiger partial charge in [-0.1, -0.05) is 121 Å². The van der Waals surface area contributed by atoms with Crippen LogP contribution in [-0.4, -0.2) is 59.2 Å². The molecule has 0 aromatic heterocycles. The van der Waals surface area contributed by atoms with Gasteiger partial charge >= 0.3 is 0 Å². The molecule has 2 amide bonds. The Balaban J connectivity index is 1.67. The van der Waals surface area contributed by atoms with Crippen molar-refractivity contribution in [2.75, 3.05) is 14.1 Å². The summed E-state index contributed by atoms with van der Waals surface area (Å²) >= 11 is 0. The van der Waals surface area contributed by atoms with Gasteiger partial charge in [0.25, 0.3) is 11.8 Å². The van der Waals surface area contributed by atoms with E-state index in [1.54, 1.807) is 23.9 Å². The maximum absolute atomic E-state index is 14.7. The fraction of sp³-hybridized carbons (Fsp3) is 0.176. The van der Waals surface area contributed by atoms with Crippen LogP contribution in [0.25, 0.3) is 0 Å². The second-order valence-corrected chi connectivity index (χ2v) is 10.6. The second-order valence-electron chi connectivity index (χ2n) is 10.6. The Hall–Kier alpha value is -4.84. The summed E-state index contributed by atoms with van der Waals surface area (Å²) in [6.45, 7) is 0. The molecule has 0 saturated carbocycles. The number of aliphatic imine (C=N–C) groups is 2. The highest BCUT2D eigenvalue weighted by molar-refractivity contribution is 6.23. The summed E-state index contributed by atoms with van der Waals surface area (Å²) < 4.78 is 0. The topological polar surface area (TPSA) is 65.3 Å². The number of hydrogen-bond acceptors (Lipinski definition) is 4. The Labute approximate surface area is 233 Å². The van der Waals surface area contributed by atoms with E-state index in [1.165, 1.54) is 0 Å². The van der Waals surface area contributed by atoms with E-state index >= 15 is 0 Å². The van der Waals surface area contributed by atoms with Crippen LogP contribution in [0.5, 0.6) is 0 Å². The highest BCUT2D eigenvalue weighted by atomic mass is 16.2. The van der Waals surface area contributed by atoms with E-state index in [0.717, 1.165) is 22.3 Å². The van der Waals surface area contributed by atoms with Gasteiger partial charge in [0.15, 0.2) is 12.1 Å². The maximum atomic E-state index is 14.7. The molecule has 0 unspecified atom stereocenters. The van der Waals surface area contributed by atoms with Crippen LogP contribution >= 0.6 is 0 Å². The number of rotatable bonds is 4. The molecule has 6 nitrogen and oxygen atoms in total. The molecule has 0 N–H and O–H groups in total. The average molecular weight is 525 g/mol. The highest BCUT2D eigenvalue weighted by Gasteiger charge is 2.69. The normalized spacial score (nSPS) is 27.2. The van der Waals surface area contributed by atoms with E-state index in [2.05, 4.69) is 0 Å². The first-order chi connectivity index (χ1) is 19.5. The van der Waals surface area contributed by atoms with Crippen LogP contribution in [0, 0.1) is 0 Å². The van der Waals surface area contributed by atoms with Crippen molar-refractivity contribution in [3.05, 3.63) is 144 Å². The maximum Gasteiger partial charge on any atom is 0.251 e. The van der Waals surface area contributed by atoms with Gasteiger partial charge in [0.05, 0.1) is 11.4 Å². The SMILES string of the molecule is CN1C(=O)[C@H]2N=C(c3ccccc3)[C@]1(c1ccccc1)[C@H]1N=C(c3ccccc3)[C@]2(c2ccccc2)N(C)C1=O. The fourth-order valence-electron chi connectivity index (χ4n) is 6.91. The Bertz CT molecular complexity index is 1540. The molecule has 6 heteroatoms. The van der Waals surface area contributed by atoms with Crippen LogP contribution in [0.4, 0.5) is 0 Å². The van der Waals surface area contributed by atoms with Crippen molar-refractivity contribution in [3.63, 3.8) is 0 Å². The molecule has 1 fully saturated rings. The van der Waals surface area contributed by atoms with Gasteiger partial charge in [-0.3, -0.25) is 19.6 Å². The van der Waals surface area contributed by atoms with Crippen molar-refractivity contribution < 1.29 is 9.59 Å². The molecule has 4 atom stereocenters. The molecule has 4 bridgehead atoms. The lowest BCUT2D eigenvalue weighted by atomic mass is 9.64. The molecule has 6 heterocycles. The molecule has 0 spiro atoms. The summed E-state index contributed by atoms with van der Waals surface area (Å²) in [4.78, 5) is 43.7. The van der Waals surface area contributed by atoms with Crippen LogP contribution in [0.2, 0.25) is 0 Å². The monoisotopic (exact) mass is 524 g/mol. The number of likely N-dealkylation sites (N-methyl/N-ethyl adjacent to an activating group) is 2. The van der Waals surface area contributed by atoms with Gasteiger partial charge < -0.3 is 9.80 Å². The first-order valence-corrected chi connectivity index (χ1v) is 13.5. The van der Waals surface area contributed by atoms with E-state index in [9.17, 15) is 9.59 Å². The predicted octanol–water partition coefficient (Wildman–Crippen LogP) is 4.45. The van der Waals surface area contributed by atoms with Crippen molar-refractivity contribution >= 4 is 23.2 Å². The minimum Gasteiger partial charge on any atom is -0.326 e. The van der Waals surface area contributed by atoms with Crippen molar-refractivity contribution in [2.24, 2.45) is 9.98 Å². The fourth-order valence-corrected chi connectivity index (χ4v) is 6.91. The first-order valence-electron chi connectivity index (χ1n) is 13.5. The van der Waals surface area contributed by atoms with Crippen LogP contribution < -0.4 is 0 Å². The van der Waals surface area contributed by atoms with Gasteiger partial charge in [0, 0.05) is 14.1 Å². The summed E-state index contributed by atoms with van der Waals surface area (Å²) in [6, 6.07) is 37.3. The Morgan fingerprint density at radius 1 is 0.500 bits per heavy atom. The molecule has 4 aromatic rings. The van der Waals surface area contributed by atoms with Crippen molar-refractivity contribution in [2.45, 2.75) is 23.2 Å². The molecule has 0 radical (unpaired) electrons. The third-order valence-corrected chi connectivity index (χ3v) is 8.74. The Morgan fingerprint density at radius 3 is 1.12 bits per heavy atom. The molecule has 6 aliphatic rings. The van der Waals surface area contributed by atoms with E-state index in [1.807, 2.05) is 121 Å². The summed E-state index contributed by atoms with van der Waals surface area (Å²) in [5.41, 5.74) is 2.17. The average Bonchev–Trinajstić information content (AvgIpc) is 3.01. The number of amides is 2. The number of hydrogen-bond donors (Lipinski definition) is 0. The van der Waals surface area contributed by atoms with Gasteiger partial charge in [-0.2, -0.15) is 0 Å². The van der Waals surface area contributed by atoms with Crippen LogP contribution in [-0.2, 0) is 20.7 Å². The van der Waals surface area contributed by atoms with Gasteiger partial charge in [-0.05, 0) is 22.3 Å². The molecule has 40 heavy (non-hydrogen) atoms. The quantitative estimate of drug-likeness (QED) is 0.396. The minimum absolute atomic E-state index is 0.153. The van der Waals surface area contributed by atoms with Gasteiger partial charge in [0.2, 0.25) is 0 Å². The zero-order valence-corrected chi connectivity index (χ0v) is 22.3. The summed E-state index contributed by atoms with van der Waals surface area (Å²) in [5.74, 6) is -0.305. The van der Waals surface area contributed by atoms with Crippen LogP contribution in [0.1, 0.15) is 22.3 Å². The molecule has 4 aromatic carbocycles. The Morgan fingerprint density at radius 2 is 0.800 bits per heavy atom. The smallest absolute Gasteiger partial charge is 0.251 e. The molecule has 10 rings (SSSR count). The molecule has 0 aliphatic carbocycles. The van der Waals surface area contributed by atoms with Gasteiger partial charge in [0.1, 0.15) is 11.1 Å². The van der Waals surface area contributed by atoms with Crippen molar-refractivity contribution in [1.82, 2.24) is 9.80 Å². The number of carbonyl (C=O) groups is 2. The van der Waals surface area contributed by atoms with Crippen LogP contribution in [0.15, 0.2) is 131 Å². The predicted molar refractivity (Wildman–Crippen MR) is 155 cm³/mol. The first kappa shape index (κ1) is 24.2. The Kier molecular flexibility index (Phi) is 5.36. The summed E-state index contributed by atoms with van der Waals surface area (Å²) in [6.07, 6.45) is 0. The van der Waals surface area contributed by atoms with E-state index < -0.39 is 23.2 Å². The van der Waals surface area contributed by atoms with E-state index in [-0.39, 0.29) is 11.8 Å². The van der Waals surface area contributed by atoms with Gasteiger partial charge in [-0.25, -0.2) is 0 Å².